The van der Waals surface area contributed by atoms with Crippen LogP contribution in [0.1, 0.15) is 0 Å². The third-order valence-electron chi connectivity index (χ3n) is 0.810. The summed E-state index contributed by atoms with van der Waals surface area (Å²) in [5.74, 6) is -2.05. The van der Waals surface area contributed by atoms with Crippen molar-refractivity contribution in [2.24, 2.45) is 0 Å². The molecule has 0 bridgehead atoms. The molecule has 2 N–H and O–H groups in total. The van der Waals surface area contributed by atoms with E-state index in [1.807, 2.05) is 0 Å². The van der Waals surface area contributed by atoms with Crippen molar-refractivity contribution in [3.8, 4) is 0 Å². The Morgan fingerprint density at radius 2 is 1.45 bits per heavy atom. The Morgan fingerprint density at radius 3 is 1.64 bits per heavy atom. The van der Waals surface area contributed by atoms with Gasteiger partial charge >= 0.3 is 57.4 Å². The van der Waals surface area contributed by atoms with E-state index in [2.05, 4.69) is 0 Å². The number of carboxylic acids is 2. The van der Waals surface area contributed by atoms with Crippen LogP contribution in [0.25, 0.3) is 0 Å². The van der Waals surface area contributed by atoms with Crippen LogP contribution >= 0.6 is 0 Å². The molecule has 0 fully saturated rings. The number of carboxylic acid groups (broad SMARTS) is 2. The van der Waals surface area contributed by atoms with Crippen LogP contribution in [-0.4, -0.2) is 92.7 Å². The molecule has 62 valence electrons. The number of rotatable bonds is 4. The predicted octanol–water partition coefficient (Wildman–Crippen LogP) is -1.83. The predicted molar refractivity (Wildman–Crippen MR) is 41.3 cm³/mol. The fourth-order valence-corrected chi connectivity index (χ4v) is 0.518. The van der Waals surface area contributed by atoms with E-state index in [0.29, 0.717) is 0 Å². The topological polar surface area (TPSA) is 77.8 Å². The third kappa shape index (κ3) is 10.4. The Hall–Kier alpha value is 0.381. The molecule has 0 atom stereocenters. The van der Waals surface area contributed by atoms with Crippen LogP contribution in [0.2, 0.25) is 0 Å². The fourth-order valence-electron chi connectivity index (χ4n) is 0.518. The van der Waals surface area contributed by atoms with E-state index in [4.69, 9.17) is 10.2 Å². The molecule has 0 unspecified atom stereocenters. The summed E-state index contributed by atoms with van der Waals surface area (Å²) in [7, 11) is 1.43. The molecule has 0 aromatic heterocycles. The average Bonchev–Trinajstić information content (AvgIpc) is 1.58. The molecule has 0 spiro atoms. The molecule has 0 aliphatic heterocycles. The molecule has 5 nitrogen and oxygen atoms in total. The van der Waals surface area contributed by atoms with Gasteiger partial charge in [0.1, 0.15) is 0 Å². The summed E-state index contributed by atoms with van der Waals surface area (Å²) >= 11 is 0. The minimum absolute atomic E-state index is 0. The molecule has 0 aliphatic rings. The van der Waals surface area contributed by atoms with E-state index in [9.17, 15) is 9.59 Å². The maximum atomic E-state index is 9.96. The summed E-state index contributed by atoms with van der Waals surface area (Å²) in [6.45, 7) is -0.488. The van der Waals surface area contributed by atoms with Gasteiger partial charge in [0.25, 0.3) is 0 Å². The van der Waals surface area contributed by atoms with E-state index in [0.717, 1.165) is 0 Å². The van der Waals surface area contributed by atoms with Crippen molar-refractivity contribution in [3.63, 3.8) is 0 Å². The second-order valence-electron chi connectivity index (χ2n) is 1.96. The summed E-state index contributed by atoms with van der Waals surface area (Å²) in [5.41, 5.74) is 0. The van der Waals surface area contributed by atoms with E-state index in [-0.39, 0.29) is 58.6 Å². The zero-order valence-corrected chi connectivity index (χ0v) is 5.57. The fraction of sp³-hybridized carbons (Fsp3) is 0.600. The molecule has 0 saturated carbocycles. The van der Waals surface area contributed by atoms with Gasteiger partial charge in [-0.3, -0.25) is 14.5 Å². The van der Waals surface area contributed by atoms with Crippen LogP contribution in [0.3, 0.4) is 0 Å². The van der Waals surface area contributed by atoms with Crippen LogP contribution in [-0.2, 0) is 9.59 Å². The van der Waals surface area contributed by atoms with Crippen molar-refractivity contribution < 1.29 is 19.8 Å². The standard InChI is InChI=1S/C5H9NO4.Sr.2H/c1-6(2-4(7)8)3-5(9)10;;;/h2-3H2,1H3,(H,7,8)(H,9,10);;;. The summed E-state index contributed by atoms with van der Waals surface area (Å²) in [4.78, 5) is 21.1. The van der Waals surface area contributed by atoms with Crippen LogP contribution < -0.4 is 0 Å². The molecule has 0 radical (unpaired) electrons. The average molecular weight is 237 g/mol. The van der Waals surface area contributed by atoms with Crippen molar-refractivity contribution in [2.45, 2.75) is 0 Å². The van der Waals surface area contributed by atoms with E-state index in [1.165, 1.54) is 11.9 Å². The normalized spacial score (nSPS) is 8.91. The van der Waals surface area contributed by atoms with Crippen molar-refractivity contribution in [1.82, 2.24) is 4.90 Å². The molecule has 0 heterocycles. The molecule has 6 heteroatoms. The zero-order chi connectivity index (χ0) is 8.15. The molecule has 0 aromatic carbocycles. The first kappa shape index (κ1) is 13.9. The molecule has 0 saturated heterocycles. The SMILES string of the molecule is CN(CC(=O)O)CC(=O)O.[SrH2]. The van der Waals surface area contributed by atoms with Gasteiger partial charge in [0, 0.05) is 0 Å². The van der Waals surface area contributed by atoms with Gasteiger partial charge in [0.05, 0.1) is 13.1 Å². The van der Waals surface area contributed by atoms with Gasteiger partial charge in [-0.25, -0.2) is 0 Å². The Kier molecular flexibility index (Phi) is 8.94. The van der Waals surface area contributed by atoms with E-state index < -0.39 is 11.9 Å². The molecule has 0 amide bonds. The van der Waals surface area contributed by atoms with E-state index in [1.54, 1.807) is 0 Å². The third-order valence-corrected chi connectivity index (χ3v) is 0.810. The summed E-state index contributed by atoms with van der Waals surface area (Å²) in [6.07, 6.45) is 0. The Morgan fingerprint density at radius 1 is 1.18 bits per heavy atom. The Labute approximate surface area is 101 Å². The second-order valence-corrected chi connectivity index (χ2v) is 1.96. The quantitative estimate of drug-likeness (QED) is 0.562. The molecular formula is C5H11NO4Sr. The maximum absolute atomic E-state index is 9.96. The molecular weight excluding hydrogens is 226 g/mol. The van der Waals surface area contributed by atoms with Crippen molar-refractivity contribution >= 4 is 57.4 Å². The van der Waals surface area contributed by atoms with Crippen molar-refractivity contribution in [1.29, 1.82) is 0 Å². The first-order valence-electron chi connectivity index (χ1n) is 2.64. The van der Waals surface area contributed by atoms with Gasteiger partial charge < -0.3 is 10.2 Å². The Balaban J connectivity index is 0. The Bertz CT molecular complexity index is 133. The molecule has 11 heavy (non-hydrogen) atoms. The summed E-state index contributed by atoms with van der Waals surface area (Å²) < 4.78 is 0. The van der Waals surface area contributed by atoms with Gasteiger partial charge in [-0.15, -0.1) is 0 Å². The van der Waals surface area contributed by atoms with Crippen LogP contribution in [0.5, 0.6) is 0 Å². The minimum atomic E-state index is -1.02. The van der Waals surface area contributed by atoms with Crippen molar-refractivity contribution in [2.75, 3.05) is 20.1 Å². The van der Waals surface area contributed by atoms with Gasteiger partial charge in [-0.05, 0) is 7.05 Å². The first-order valence-corrected chi connectivity index (χ1v) is 2.64. The van der Waals surface area contributed by atoms with Gasteiger partial charge in [-0.2, -0.15) is 0 Å². The summed E-state index contributed by atoms with van der Waals surface area (Å²) in [5, 5.41) is 16.3. The number of hydrogen-bond acceptors (Lipinski definition) is 3. The van der Waals surface area contributed by atoms with Crippen LogP contribution in [0.15, 0.2) is 0 Å². The van der Waals surface area contributed by atoms with Crippen LogP contribution in [0, 0.1) is 0 Å². The first-order chi connectivity index (χ1) is 4.52. The van der Waals surface area contributed by atoms with E-state index >= 15 is 0 Å². The van der Waals surface area contributed by atoms with Gasteiger partial charge in [-0.1, -0.05) is 0 Å². The molecule has 0 aromatic rings. The molecule has 0 aliphatic carbocycles. The zero-order valence-electron chi connectivity index (χ0n) is 5.57. The van der Waals surface area contributed by atoms with Gasteiger partial charge in [0.15, 0.2) is 0 Å². The second kappa shape index (κ2) is 7.05. The number of hydrogen-bond donors (Lipinski definition) is 2. The summed E-state index contributed by atoms with van der Waals surface area (Å²) in [6, 6.07) is 0. The monoisotopic (exact) mass is 237 g/mol. The van der Waals surface area contributed by atoms with Crippen LogP contribution in [0.4, 0.5) is 0 Å². The van der Waals surface area contributed by atoms with Gasteiger partial charge in [0.2, 0.25) is 0 Å². The number of likely N-dealkylation sites (N-methyl/N-ethyl adjacent to an activating group) is 1. The number of nitrogens with zero attached hydrogens (tertiary/aromatic N) is 1. The number of aliphatic carboxylic acids is 2. The number of carbonyl (C=O) groups is 2. The van der Waals surface area contributed by atoms with Crippen molar-refractivity contribution in [3.05, 3.63) is 0 Å². The molecule has 0 rings (SSSR count).